The third kappa shape index (κ3) is 3.24. The first-order chi connectivity index (χ1) is 8.27. The van der Waals surface area contributed by atoms with Crippen molar-refractivity contribution in [2.24, 2.45) is 0 Å². The second-order valence-electron chi connectivity index (χ2n) is 3.90. The van der Waals surface area contributed by atoms with E-state index in [1.54, 1.807) is 6.20 Å². The first-order valence-electron chi connectivity index (χ1n) is 5.71. The molecule has 0 spiro atoms. The van der Waals surface area contributed by atoms with Gasteiger partial charge in [0.2, 0.25) is 0 Å². The quantitative estimate of drug-likeness (QED) is 0.824. The standard InChI is InChI=1S/C13H16ClN3/c1-11(14)12-5-2-3-6-13(12)15-8-10-17-9-4-7-16-17/h2-7,9,11,15H,8,10H2,1H3. The van der Waals surface area contributed by atoms with E-state index in [-0.39, 0.29) is 5.38 Å². The normalized spacial score (nSPS) is 12.4. The molecule has 0 amide bonds. The van der Waals surface area contributed by atoms with Crippen molar-refractivity contribution in [3.63, 3.8) is 0 Å². The highest BCUT2D eigenvalue weighted by molar-refractivity contribution is 6.21. The van der Waals surface area contributed by atoms with Gasteiger partial charge in [-0.15, -0.1) is 11.6 Å². The molecule has 90 valence electrons. The summed E-state index contributed by atoms with van der Waals surface area (Å²) in [5.74, 6) is 0. The number of para-hydroxylation sites is 1. The summed E-state index contributed by atoms with van der Waals surface area (Å²) in [4.78, 5) is 0. The maximum atomic E-state index is 6.13. The van der Waals surface area contributed by atoms with E-state index >= 15 is 0 Å². The molecule has 1 N–H and O–H groups in total. The Morgan fingerprint density at radius 3 is 2.88 bits per heavy atom. The van der Waals surface area contributed by atoms with Gasteiger partial charge in [-0.25, -0.2) is 0 Å². The molecule has 17 heavy (non-hydrogen) atoms. The summed E-state index contributed by atoms with van der Waals surface area (Å²) < 4.78 is 1.90. The molecule has 0 fully saturated rings. The molecule has 0 bridgehead atoms. The number of benzene rings is 1. The van der Waals surface area contributed by atoms with Gasteiger partial charge in [-0.1, -0.05) is 18.2 Å². The van der Waals surface area contributed by atoms with E-state index in [4.69, 9.17) is 11.6 Å². The van der Waals surface area contributed by atoms with Crippen LogP contribution < -0.4 is 5.32 Å². The number of anilines is 1. The van der Waals surface area contributed by atoms with Crippen molar-refractivity contribution in [3.05, 3.63) is 48.3 Å². The smallest absolute Gasteiger partial charge is 0.0582 e. The van der Waals surface area contributed by atoms with Crippen LogP contribution in [0.3, 0.4) is 0 Å². The third-order valence-electron chi connectivity index (χ3n) is 2.60. The Bertz CT molecular complexity index is 451. The molecule has 1 unspecified atom stereocenters. The lowest BCUT2D eigenvalue weighted by molar-refractivity contribution is 0.637. The Hall–Kier alpha value is -1.48. The van der Waals surface area contributed by atoms with Crippen molar-refractivity contribution in [2.75, 3.05) is 11.9 Å². The number of halogens is 1. The van der Waals surface area contributed by atoms with Crippen molar-refractivity contribution < 1.29 is 0 Å². The summed E-state index contributed by atoms with van der Waals surface area (Å²) in [7, 11) is 0. The van der Waals surface area contributed by atoms with Crippen LogP contribution in [0.25, 0.3) is 0 Å². The van der Waals surface area contributed by atoms with E-state index in [2.05, 4.69) is 16.5 Å². The number of aromatic nitrogens is 2. The molecular weight excluding hydrogens is 234 g/mol. The maximum absolute atomic E-state index is 6.13. The van der Waals surface area contributed by atoms with Crippen LogP contribution >= 0.6 is 11.6 Å². The van der Waals surface area contributed by atoms with E-state index in [0.717, 1.165) is 24.3 Å². The highest BCUT2D eigenvalue weighted by atomic mass is 35.5. The van der Waals surface area contributed by atoms with Crippen LogP contribution in [-0.4, -0.2) is 16.3 Å². The summed E-state index contributed by atoms with van der Waals surface area (Å²) in [5, 5.41) is 7.56. The zero-order valence-corrected chi connectivity index (χ0v) is 10.6. The van der Waals surface area contributed by atoms with Crippen LogP contribution in [0.2, 0.25) is 0 Å². The van der Waals surface area contributed by atoms with Gasteiger partial charge >= 0.3 is 0 Å². The molecule has 1 atom stereocenters. The van der Waals surface area contributed by atoms with Gasteiger partial charge in [-0.05, 0) is 24.6 Å². The number of rotatable bonds is 5. The van der Waals surface area contributed by atoms with Gasteiger partial charge in [0.25, 0.3) is 0 Å². The molecule has 1 aromatic heterocycles. The van der Waals surface area contributed by atoms with E-state index in [1.165, 1.54) is 0 Å². The van der Waals surface area contributed by atoms with Crippen LogP contribution in [0.4, 0.5) is 5.69 Å². The van der Waals surface area contributed by atoms with Crippen LogP contribution in [0.15, 0.2) is 42.7 Å². The Balaban J connectivity index is 1.94. The van der Waals surface area contributed by atoms with Crippen LogP contribution in [0, 0.1) is 0 Å². The molecule has 0 saturated heterocycles. The number of nitrogens with one attached hydrogen (secondary N) is 1. The molecule has 2 aromatic rings. The van der Waals surface area contributed by atoms with Crippen molar-refractivity contribution in [1.29, 1.82) is 0 Å². The summed E-state index contributed by atoms with van der Waals surface area (Å²) in [5.41, 5.74) is 2.23. The zero-order chi connectivity index (χ0) is 12.1. The van der Waals surface area contributed by atoms with E-state index < -0.39 is 0 Å². The van der Waals surface area contributed by atoms with E-state index in [9.17, 15) is 0 Å². The molecular formula is C13H16ClN3. The second kappa shape index (κ2) is 5.73. The lowest BCUT2D eigenvalue weighted by atomic mass is 10.1. The molecule has 1 heterocycles. The minimum atomic E-state index is 0.0170. The summed E-state index contributed by atoms with van der Waals surface area (Å²) in [6.07, 6.45) is 3.74. The predicted molar refractivity (Wildman–Crippen MR) is 71.4 cm³/mol. The first kappa shape index (κ1) is 12.0. The number of nitrogens with zero attached hydrogens (tertiary/aromatic N) is 2. The van der Waals surface area contributed by atoms with E-state index in [1.807, 2.05) is 42.1 Å². The van der Waals surface area contributed by atoms with Crippen molar-refractivity contribution in [3.8, 4) is 0 Å². The van der Waals surface area contributed by atoms with Gasteiger partial charge in [-0.3, -0.25) is 4.68 Å². The van der Waals surface area contributed by atoms with Crippen molar-refractivity contribution in [1.82, 2.24) is 9.78 Å². The zero-order valence-electron chi connectivity index (χ0n) is 9.81. The SMILES string of the molecule is CC(Cl)c1ccccc1NCCn1cccn1. The predicted octanol–water partition coefficient (Wildman–Crippen LogP) is 3.30. The average molecular weight is 250 g/mol. The topological polar surface area (TPSA) is 29.9 Å². The van der Waals surface area contributed by atoms with Gasteiger partial charge in [0, 0.05) is 24.6 Å². The fourth-order valence-electron chi connectivity index (χ4n) is 1.74. The Kier molecular flexibility index (Phi) is 4.04. The highest BCUT2D eigenvalue weighted by Crippen LogP contribution is 2.26. The molecule has 1 aromatic carbocycles. The van der Waals surface area contributed by atoms with Gasteiger partial charge in [0.15, 0.2) is 0 Å². The molecule has 3 nitrogen and oxygen atoms in total. The molecule has 2 rings (SSSR count). The highest BCUT2D eigenvalue weighted by Gasteiger charge is 2.06. The minimum absolute atomic E-state index is 0.0170. The number of hydrogen-bond acceptors (Lipinski definition) is 2. The fourth-order valence-corrected chi connectivity index (χ4v) is 1.93. The van der Waals surface area contributed by atoms with Crippen LogP contribution in [0.1, 0.15) is 17.9 Å². The molecule has 0 aliphatic heterocycles. The molecule has 4 heteroatoms. The van der Waals surface area contributed by atoms with Gasteiger partial charge in [0.1, 0.15) is 0 Å². The summed E-state index contributed by atoms with van der Waals surface area (Å²) in [6.45, 7) is 3.66. The number of alkyl halides is 1. The number of hydrogen-bond donors (Lipinski definition) is 1. The molecule has 0 aliphatic rings. The average Bonchev–Trinajstić information content (AvgIpc) is 2.82. The minimum Gasteiger partial charge on any atom is -0.383 e. The Morgan fingerprint density at radius 1 is 1.35 bits per heavy atom. The maximum Gasteiger partial charge on any atom is 0.0582 e. The van der Waals surface area contributed by atoms with Crippen LogP contribution in [-0.2, 0) is 6.54 Å². The largest absolute Gasteiger partial charge is 0.383 e. The van der Waals surface area contributed by atoms with Gasteiger partial charge < -0.3 is 5.32 Å². The molecule has 0 saturated carbocycles. The van der Waals surface area contributed by atoms with E-state index in [0.29, 0.717) is 0 Å². The van der Waals surface area contributed by atoms with Gasteiger partial charge in [-0.2, -0.15) is 5.10 Å². The van der Waals surface area contributed by atoms with Crippen molar-refractivity contribution >= 4 is 17.3 Å². The molecule has 0 radical (unpaired) electrons. The summed E-state index contributed by atoms with van der Waals surface area (Å²) >= 11 is 6.13. The lowest BCUT2D eigenvalue weighted by Crippen LogP contribution is -2.11. The second-order valence-corrected chi connectivity index (χ2v) is 4.55. The summed E-state index contributed by atoms with van der Waals surface area (Å²) in [6, 6.07) is 10.0. The molecule has 0 aliphatic carbocycles. The Labute approximate surface area is 106 Å². The lowest BCUT2D eigenvalue weighted by Gasteiger charge is -2.13. The third-order valence-corrected chi connectivity index (χ3v) is 2.84. The van der Waals surface area contributed by atoms with Crippen molar-refractivity contribution in [2.45, 2.75) is 18.8 Å². The van der Waals surface area contributed by atoms with Crippen LogP contribution in [0.5, 0.6) is 0 Å². The first-order valence-corrected chi connectivity index (χ1v) is 6.15. The Morgan fingerprint density at radius 2 is 2.18 bits per heavy atom. The fraction of sp³-hybridized carbons (Fsp3) is 0.308. The monoisotopic (exact) mass is 249 g/mol. The van der Waals surface area contributed by atoms with Gasteiger partial charge in [0.05, 0.1) is 11.9 Å².